The van der Waals surface area contributed by atoms with Gasteiger partial charge in [0.15, 0.2) is 0 Å². The zero-order valence-corrected chi connectivity index (χ0v) is 11.7. The van der Waals surface area contributed by atoms with Crippen LogP contribution in [-0.4, -0.2) is 35.0 Å². The molecule has 20 heavy (non-hydrogen) atoms. The van der Waals surface area contributed by atoms with E-state index in [-0.39, 0.29) is 18.4 Å². The van der Waals surface area contributed by atoms with Crippen LogP contribution in [0, 0.1) is 18.8 Å². The van der Waals surface area contributed by atoms with E-state index in [9.17, 15) is 9.59 Å². The van der Waals surface area contributed by atoms with Gasteiger partial charge in [-0.15, -0.1) is 0 Å². The summed E-state index contributed by atoms with van der Waals surface area (Å²) in [5, 5.41) is 9.10. The number of aryl methyl sites for hydroxylation is 1. The summed E-state index contributed by atoms with van der Waals surface area (Å²) in [5.74, 6) is -1.59. The summed E-state index contributed by atoms with van der Waals surface area (Å²) in [4.78, 5) is 25.0. The van der Waals surface area contributed by atoms with Crippen LogP contribution in [0.4, 0.5) is 0 Å². The zero-order chi connectivity index (χ0) is 14.9. The van der Waals surface area contributed by atoms with Crippen LogP contribution >= 0.6 is 0 Å². The second-order valence-electron chi connectivity index (χ2n) is 5.55. The Morgan fingerprint density at radius 3 is 2.40 bits per heavy atom. The lowest BCUT2D eigenvalue weighted by atomic mass is 9.99. The van der Waals surface area contributed by atoms with Crippen LogP contribution < -0.4 is 5.73 Å². The van der Waals surface area contributed by atoms with Crippen LogP contribution in [0.3, 0.4) is 0 Å². The summed E-state index contributed by atoms with van der Waals surface area (Å²) in [6.07, 6.45) is 0. The van der Waals surface area contributed by atoms with Crippen molar-refractivity contribution >= 4 is 11.9 Å². The minimum Gasteiger partial charge on any atom is -0.481 e. The number of nitrogens with zero attached hydrogens (tertiary/aromatic N) is 1. The lowest BCUT2D eigenvalue weighted by Crippen LogP contribution is -2.37. The van der Waals surface area contributed by atoms with Gasteiger partial charge in [0.1, 0.15) is 6.04 Å². The summed E-state index contributed by atoms with van der Waals surface area (Å²) in [6.45, 7) is 4.52. The fraction of sp³-hybridized carbons (Fsp3) is 0.467. The third kappa shape index (κ3) is 2.82. The molecule has 0 aromatic heterocycles. The molecular formula is C15H20N2O3. The molecule has 0 aliphatic carbocycles. The molecule has 1 aliphatic rings. The number of rotatable bonds is 3. The van der Waals surface area contributed by atoms with Gasteiger partial charge < -0.3 is 15.7 Å². The first kappa shape index (κ1) is 14.5. The molecule has 1 heterocycles. The molecule has 1 unspecified atom stereocenters. The number of hydrogen-bond acceptors (Lipinski definition) is 3. The second-order valence-corrected chi connectivity index (χ2v) is 5.55. The van der Waals surface area contributed by atoms with Crippen molar-refractivity contribution in [2.24, 2.45) is 17.6 Å². The highest BCUT2D eigenvalue weighted by Gasteiger charge is 2.38. The fourth-order valence-corrected chi connectivity index (χ4v) is 2.58. The minimum absolute atomic E-state index is 0.0401. The number of amides is 1. The van der Waals surface area contributed by atoms with Crippen molar-refractivity contribution in [3.8, 4) is 0 Å². The lowest BCUT2D eigenvalue weighted by Gasteiger charge is -2.21. The van der Waals surface area contributed by atoms with Crippen molar-refractivity contribution in [2.75, 3.05) is 13.1 Å². The molecule has 1 saturated heterocycles. The van der Waals surface area contributed by atoms with Gasteiger partial charge in [0.25, 0.3) is 0 Å². The molecule has 0 radical (unpaired) electrons. The van der Waals surface area contributed by atoms with E-state index >= 15 is 0 Å². The van der Waals surface area contributed by atoms with E-state index in [1.54, 1.807) is 4.90 Å². The summed E-state index contributed by atoms with van der Waals surface area (Å²) in [5.41, 5.74) is 7.86. The Hall–Kier alpha value is -1.88. The normalized spacial score (nSPS) is 23.6. The standard InChI is InChI=1S/C15H20N2O3/c1-9-3-5-11(6-4-9)13(16)14(18)17-7-10(2)12(8-17)15(19)20/h3-6,10,12-13H,7-8,16H2,1-2H3,(H,19,20)/t10-,12-,13?/m1/s1. The van der Waals surface area contributed by atoms with Crippen molar-refractivity contribution < 1.29 is 14.7 Å². The zero-order valence-electron chi connectivity index (χ0n) is 11.7. The lowest BCUT2D eigenvalue weighted by molar-refractivity contribution is -0.142. The maximum Gasteiger partial charge on any atom is 0.308 e. The predicted molar refractivity (Wildman–Crippen MR) is 75.0 cm³/mol. The van der Waals surface area contributed by atoms with E-state index in [4.69, 9.17) is 10.8 Å². The summed E-state index contributed by atoms with van der Waals surface area (Å²) >= 11 is 0. The SMILES string of the molecule is Cc1ccc(C(N)C(=O)N2C[C@@H](C)[C@H](C(=O)O)C2)cc1. The molecule has 1 aliphatic heterocycles. The van der Waals surface area contributed by atoms with Crippen molar-refractivity contribution in [3.63, 3.8) is 0 Å². The number of benzene rings is 1. The molecule has 108 valence electrons. The maximum atomic E-state index is 12.4. The molecule has 1 amide bonds. The first-order chi connectivity index (χ1) is 9.40. The van der Waals surface area contributed by atoms with Crippen molar-refractivity contribution in [1.82, 2.24) is 4.90 Å². The van der Waals surface area contributed by atoms with Gasteiger partial charge in [-0.25, -0.2) is 0 Å². The molecule has 5 nitrogen and oxygen atoms in total. The third-order valence-electron chi connectivity index (χ3n) is 3.94. The number of aliphatic carboxylic acids is 1. The average Bonchev–Trinajstić information content (AvgIpc) is 2.80. The van der Waals surface area contributed by atoms with E-state index in [2.05, 4.69) is 0 Å². The molecule has 1 aromatic carbocycles. The van der Waals surface area contributed by atoms with E-state index < -0.39 is 17.9 Å². The molecular weight excluding hydrogens is 256 g/mol. The van der Waals surface area contributed by atoms with Crippen LogP contribution in [0.2, 0.25) is 0 Å². The minimum atomic E-state index is -0.850. The smallest absolute Gasteiger partial charge is 0.308 e. The van der Waals surface area contributed by atoms with Crippen LogP contribution in [0.15, 0.2) is 24.3 Å². The molecule has 1 aromatic rings. The van der Waals surface area contributed by atoms with Gasteiger partial charge in [0, 0.05) is 13.1 Å². The summed E-state index contributed by atoms with van der Waals surface area (Å²) in [7, 11) is 0. The Labute approximate surface area is 118 Å². The first-order valence-electron chi connectivity index (χ1n) is 6.74. The Bertz CT molecular complexity index is 512. The monoisotopic (exact) mass is 276 g/mol. The van der Waals surface area contributed by atoms with Gasteiger partial charge in [-0.1, -0.05) is 36.8 Å². The van der Waals surface area contributed by atoms with Crippen LogP contribution in [0.5, 0.6) is 0 Å². The predicted octanol–water partition coefficient (Wildman–Crippen LogP) is 1.17. The van der Waals surface area contributed by atoms with E-state index in [0.717, 1.165) is 11.1 Å². The molecule has 3 atom stereocenters. The van der Waals surface area contributed by atoms with Gasteiger partial charge in [-0.2, -0.15) is 0 Å². The van der Waals surface area contributed by atoms with Gasteiger partial charge in [-0.3, -0.25) is 9.59 Å². The van der Waals surface area contributed by atoms with Crippen LogP contribution in [-0.2, 0) is 9.59 Å². The number of likely N-dealkylation sites (tertiary alicyclic amines) is 1. The number of nitrogens with two attached hydrogens (primary N) is 1. The largest absolute Gasteiger partial charge is 0.481 e. The number of carboxylic acid groups (broad SMARTS) is 1. The summed E-state index contributed by atoms with van der Waals surface area (Å²) < 4.78 is 0. The molecule has 0 spiro atoms. The van der Waals surface area contributed by atoms with E-state index in [1.807, 2.05) is 38.1 Å². The average molecular weight is 276 g/mol. The van der Waals surface area contributed by atoms with Gasteiger partial charge in [0.05, 0.1) is 5.92 Å². The molecule has 1 fully saturated rings. The number of carboxylic acids is 1. The molecule has 3 N–H and O–H groups in total. The highest BCUT2D eigenvalue weighted by atomic mass is 16.4. The third-order valence-corrected chi connectivity index (χ3v) is 3.94. The highest BCUT2D eigenvalue weighted by molar-refractivity contribution is 5.84. The van der Waals surface area contributed by atoms with Crippen LogP contribution in [0.25, 0.3) is 0 Å². The molecule has 0 saturated carbocycles. The van der Waals surface area contributed by atoms with Crippen LogP contribution in [0.1, 0.15) is 24.1 Å². The van der Waals surface area contributed by atoms with Crippen molar-refractivity contribution in [1.29, 1.82) is 0 Å². The molecule has 2 rings (SSSR count). The Balaban J connectivity index is 2.08. The number of carbonyl (C=O) groups is 2. The molecule has 0 bridgehead atoms. The Morgan fingerprint density at radius 1 is 1.30 bits per heavy atom. The second kappa shape index (κ2) is 5.63. The quantitative estimate of drug-likeness (QED) is 0.868. The Morgan fingerprint density at radius 2 is 1.90 bits per heavy atom. The van der Waals surface area contributed by atoms with Gasteiger partial charge >= 0.3 is 5.97 Å². The van der Waals surface area contributed by atoms with Crippen molar-refractivity contribution in [2.45, 2.75) is 19.9 Å². The van der Waals surface area contributed by atoms with Crippen molar-refractivity contribution in [3.05, 3.63) is 35.4 Å². The number of hydrogen-bond donors (Lipinski definition) is 2. The molecule has 5 heteroatoms. The van der Waals surface area contributed by atoms with Gasteiger partial charge in [0.2, 0.25) is 5.91 Å². The van der Waals surface area contributed by atoms with Gasteiger partial charge in [-0.05, 0) is 18.4 Å². The highest BCUT2D eigenvalue weighted by Crippen LogP contribution is 2.25. The number of carbonyl (C=O) groups excluding carboxylic acids is 1. The van der Waals surface area contributed by atoms with E-state index in [1.165, 1.54) is 0 Å². The topological polar surface area (TPSA) is 83.6 Å². The Kier molecular flexibility index (Phi) is 4.09. The summed E-state index contributed by atoms with van der Waals surface area (Å²) in [6, 6.07) is 6.78. The first-order valence-corrected chi connectivity index (χ1v) is 6.74. The van der Waals surface area contributed by atoms with E-state index in [0.29, 0.717) is 6.54 Å². The maximum absolute atomic E-state index is 12.4. The fourth-order valence-electron chi connectivity index (χ4n) is 2.58.